The molecule has 0 radical (unpaired) electrons. The predicted molar refractivity (Wildman–Crippen MR) is 62.2 cm³/mol. The average Bonchev–Trinajstić information content (AvgIpc) is 3.03. The predicted octanol–water partition coefficient (Wildman–Crippen LogP) is 2.88. The van der Waals surface area contributed by atoms with Gasteiger partial charge in [-0.2, -0.15) is 5.26 Å². The van der Waals surface area contributed by atoms with Gasteiger partial charge >= 0.3 is 5.97 Å². The molecule has 2 unspecified atom stereocenters. The molecule has 1 aliphatic carbocycles. The molecule has 1 aliphatic rings. The third-order valence-electron chi connectivity index (χ3n) is 3.02. The van der Waals surface area contributed by atoms with Gasteiger partial charge in [0.2, 0.25) is 0 Å². The molecule has 0 saturated heterocycles. The topological polar surface area (TPSA) is 50.1 Å². The molecule has 0 amide bonds. The second kappa shape index (κ2) is 4.32. The van der Waals surface area contributed by atoms with Crippen molar-refractivity contribution < 1.29 is 18.3 Å². The summed E-state index contributed by atoms with van der Waals surface area (Å²) in [4.78, 5) is 11.6. The number of nitriles is 1. The second-order valence-electron chi connectivity index (χ2n) is 4.03. The molecule has 18 heavy (non-hydrogen) atoms. The van der Waals surface area contributed by atoms with E-state index in [-0.39, 0.29) is 22.0 Å². The first kappa shape index (κ1) is 13.0. The minimum absolute atomic E-state index is 0.0823. The van der Waals surface area contributed by atoms with E-state index in [1.54, 1.807) is 6.07 Å². The van der Waals surface area contributed by atoms with Crippen LogP contribution in [-0.2, 0) is 10.2 Å². The maximum absolute atomic E-state index is 14.1. The summed E-state index contributed by atoms with van der Waals surface area (Å²) in [6.45, 7) is 0. The molecule has 0 aliphatic heterocycles. The normalized spacial score (nSPS) is 25.4. The van der Waals surface area contributed by atoms with E-state index in [9.17, 15) is 13.6 Å². The Hall–Kier alpha value is -1.48. The lowest BCUT2D eigenvalue weighted by atomic mass is 9.91. The monoisotopic (exact) mass is 315 g/mol. The Morgan fingerprint density at radius 2 is 2.28 bits per heavy atom. The molecule has 1 aromatic carbocycles. The van der Waals surface area contributed by atoms with E-state index in [2.05, 4.69) is 20.7 Å². The molecule has 6 heteroatoms. The van der Waals surface area contributed by atoms with Gasteiger partial charge in [-0.1, -0.05) is 0 Å². The van der Waals surface area contributed by atoms with Crippen LogP contribution in [0.1, 0.15) is 22.3 Å². The fourth-order valence-corrected chi connectivity index (χ4v) is 2.25. The molecule has 2 rings (SSSR count). The molecule has 0 bridgehead atoms. The molecule has 1 aromatic rings. The molecule has 0 N–H and O–H groups in total. The van der Waals surface area contributed by atoms with Crippen LogP contribution in [0.4, 0.5) is 8.78 Å². The van der Waals surface area contributed by atoms with E-state index in [0.29, 0.717) is 0 Å². The highest BCUT2D eigenvalue weighted by atomic mass is 79.9. The van der Waals surface area contributed by atoms with Gasteiger partial charge in [-0.15, -0.1) is 0 Å². The summed E-state index contributed by atoms with van der Waals surface area (Å²) >= 11 is 2.96. The van der Waals surface area contributed by atoms with E-state index in [1.807, 2.05) is 0 Å². The molecule has 1 fully saturated rings. The van der Waals surface area contributed by atoms with Crippen LogP contribution in [-0.4, -0.2) is 19.3 Å². The number of methoxy groups -OCH3 is 1. The summed E-state index contributed by atoms with van der Waals surface area (Å²) in [6.07, 6.45) is -1.57. The molecule has 3 nitrogen and oxygen atoms in total. The summed E-state index contributed by atoms with van der Waals surface area (Å²) in [5.74, 6) is -1.58. The van der Waals surface area contributed by atoms with Crippen LogP contribution in [0.3, 0.4) is 0 Å². The van der Waals surface area contributed by atoms with Crippen molar-refractivity contribution in [3.05, 3.63) is 33.5 Å². The molecule has 0 heterocycles. The maximum atomic E-state index is 14.1. The van der Waals surface area contributed by atoms with Crippen LogP contribution in [0, 0.1) is 17.1 Å². The van der Waals surface area contributed by atoms with Gasteiger partial charge in [0.15, 0.2) is 0 Å². The summed E-state index contributed by atoms with van der Waals surface area (Å²) in [6, 6.07) is 4.41. The number of hydrogen-bond donors (Lipinski definition) is 0. The highest BCUT2D eigenvalue weighted by Gasteiger charge is 2.60. The Labute approximate surface area is 110 Å². The van der Waals surface area contributed by atoms with Gasteiger partial charge in [0.25, 0.3) is 0 Å². The lowest BCUT2D eigenvalue weighted by molar-refractivity contribution is 0.0598. The van der Waals surface area contributed by atoms with Crippen molar-refractivity contribution in [2.45, 2.75) is 18.0 Å². The standard InChI is InChI=1S/C12H8BrF2NO2/c1-18-11(17)6-2-3-7(13)10(15)9(6)12(5-16)4-8(12)14/h2-3,8H,4H2,1H3. The highest BCUT2D eigenvalue weighted by molar-refractivity contribution is 9.10. The number of esters is 1. The fourth-order valence-electron chi connectivity index (χ4n) is 1.92. The van der Waals surface area contributed by atoms with Crippen molar-refractivity contribution in [1.29, 1.82) is 5.26 Å². The molecule has 94 valence electrons. The fraction of sp³-hybridized carbons (Fsp3) is 0.333. The molecular formula is C12H8BrF2NO2. The van der Waals surface area contributed by atoms with Gasteiger partial charge in [0.1, 0.15) is 17.4 Å². The number of nitrogens with zero attached hydrogens (tertiary/aromatic N) is 1. The number of carbonyl (C=O) groups is 1. The molecule has 1 saturated carbocycles. The molecular weight excluding hydrogens is 308 g/mol. The van der Waals surface area contributed by atoms with Crippen LogP contribution < -0.4 is 0 Å². The van der Waals surface area contributed by atoms with Crippen LogP contribution in [0.2, 0.25) is 0 Å². The zero-order chi connectivity index (χ0) is 13.5. The first-order valence-corrected chi connectivity index (χ1v) is 5.89. The molecule has 0 spiro atoms. The van der Waals surface area contributed by atoms with E-state index < -0.39 is 23.4 Å². The van der Waals surface area contributed by atoms with Gasteiger partial charge in [-0.3, -0.25) is 0 Å². The zero-order valence-electron chi connectivity index (χ0n) is 9.34. The minimum Gasteiger partial charge on any atom is -0.465 e. The highest BCUT2D eigenvalue weighted by Crippen LogP contribution is 2.53. The van der Waals surface area contributed by atoms with Crippen molar-refractivity contribution >= 4 is 21.9 Å². The van der Waals surface area contributed by atoms with Gasteiger partial charge in [-0.05, 0) is 28.1 Å². The van der Waals surface area contributed by atoms with Crippen LogP contribution in [0.5, 0.6) is 0 Å². The Bertz CT molecular complexity index is 570. The number of alkyl halides is 1. The van der Waals surface area contributed by atoms with E-state index >= 15 is 0 Å². The third kappa shape index (κ3) is 1.70. The Morgan fingerprint density at radius 3 is 2.72 bits per heavy atom. The third-order valence-corrected chi connectivity index (χ3v) is 3.63. The van der Waals surface area contributed by atoms with Gasteiger partial charge in [0.05, 0.1) is 23.2 Å². The SMILES string of the molecule is COC(=O)c1ccc(Br)c(F)c1C1(C#N)CC1F. The quantitative estimate of drug-likeness (QED) is 0.788. The van der Waals surface area contributed by atoms with E-state index in [4.69, 9.17) is 5.26 Å². The molecule has 2 atom stereocenters. The number of halogens is 3. The Kier molecular flexibility index (Phi) is 3.11. The number of rotatable bonds is 2. The number of hydrogen-bond acceptors (Lipinski definition) is 3. The van der Waals surface area contributed by atoms with Crippen LogP contribution in [0.25, 0.3) is 0 Å². The average molecular weight is 316 g/mol. The Balaban J connectivity index is 2.68. The van der Waals surface area contributed by atoms with Crippen molar-refractivity contribution in [2.75, 3.05) is 7.11 Å². The van der Waals surface area contributed by atoms with Crippen LogP contribution >= 0.6 is 15.9 Å². The minimum atomic E-state index is -1.57. The number of ether oxygens (including phenoxy) is 1. The van der Waals surface area contributed by atoms with Crippen molar-refractivity contribution in [3.63, 3.8) is 0 Å². The number of benzene rings is 1. The second-order valence-corrected chi connectivity index (χ2v) is 4.88. The summed E-state index contributed by atoms with van der Waals surface area (Å²) < 4.78 is 32.1. The zero-order valence-corrected chi connectivity index (χ0v) is 10.9. The smallest absolute Gasteiger partial charge is 0.338 e. The largest absolute Gasteiger partial charge is 0.465 e. The first-order chi connectivity index (χ1) is 8.47. The number of carbonyl (C=O) groups excluding carboxylic acids is 1. The maximum Gasteiger partial charge on any atom is 0.338 e. The van der Waals surface area contributed by atoms with E-state index in [1.165, 1.54) is 12.1 Å². The summed E-state index contributed by atoms with van der Waals surface area (Å²) in [7, 11) is 1.14. The van der Waals surface area contributed by atoms with Crippen LogP contribution in [0.15, 0.2) is 16.6 Å². The van der Waals surface area contributed by atoms with Crippen molar-refractivity contribution in [3.8, 4) is 6.07 Å². The van der Waals surface area contributed by atoms with Gasteiger partial charge in [-0.25, -0.2) is 13.6 Å². The lowest BCUT2D eigenvalue weighted by Crippen LogP contribution is -2.18. The van der Waals surface area contributed by atoms with Crippen molar-refractivity contribution in [1.82, 2.24) is 0 Å². The van der Waals surface area contributed by atoms with Gasteiger partial charge in [0, 0.05) is 12.0 Å². The Morgan fingerprint density at radius 1 is 1.67 bits per heavy atom. The first-order valence-electron chi connectivity index (χ1n) is 5.10. The summed E-state index contributed by atoms with van der Waals surface area (Å²) in [5, 5.41) is 9.05. The summed E-state index contributed by atoms with van der Waals surface area (Å²) in [5.41, 5.74) is -1.91. The van der Waals surface area contributed by atoms with Gasteiger partial charge < -0.3 is 4.74 Å². The van der Waals surface area contributed by atoms with E-state index in [0.717, 1.165) is 7.11 Å². The van der Waals surface area contributed by atoms with Crippen molar-refractivity contribution in [2.24, 2.45) is 0 Å². The lowest BCUT2D eigenvalue weighted by Gasteiger charge is -2.13. The molecule has 0 aromatic heterocycles.